The van der Waals surface area contributed by atoms with Crippen LogP contribution in [0.15, 0.2) is 97.3 Å². The van der Waals surface area contributed by atoms with Crippen LogP contribution in [-0.2, 0) is 10.3 Å². The summed E-state index contributed by atoms with van der Waals surface area (Å²) in [6.45, 7) is 2.05. The molecular formula is C26H27NO. The summed E-state index contributed by atoms with van der Waals surface area (Å²) in [6.07, 6.45) is 6.12. The van der Waals surface area contributed by atoms with Crippen molar-refractivity contribution in [3.63, 3.8) is 0 Å². The second-order valence-electron chi connectivity index (χ2n) is 7.32. The van der Waals surface area contributed by atoms with Gasteiger partial charge in [0.2, 0.25) is 0 Å². The van der Waals surface area contributed by atoms with E-state index in [1.807, 2.05) is 24.5 Å². The summed E-state index contributed by atoms with van der Waals surface area (Å²) in [5, 5.41) is 3.50. The van der Waals surface area contributed by atoms with Gasteiger partial charge in [0.25, 0.3) is 0 Å². The minimum Gasteiger partial charge on any atom is -0.485 e. The summed E-state index contributed by atoms with van der Waals surface area (Å²) >= 11 is 0. The van der Waals surface area contributed by atoms with Crippen molar-refractivity contribution in [1.29, 1.82) is 0 Å². The number of rotatable bonds is 6. The zero-order chi connectivity index (χ0) is 19.1. The largest absolute Gasteiger partial charge is 0.485 e. The van der Waals surface area contributed by atoms with Gasteiger partial charge in [-0.25, -0.2) is 0 Å². The van der Waals surface area contributed by atoms with E-state index in [0.29, 0.717) is 5.92 Å². The van der Waals surface area contributed by atoms with Gasteiger partial charge in [0.1, 0.15) is 0 Å². The summed E-state index contributed by atoms with van der Waals surface area (Å²) in [6, 6.07) is 31.7. The van der Waals surface area contributed by atoms with E-state index in [1.54, 1.807) is 0 Å². The van der Waals surface area contributed by atoms with Crippen LogP contribution >= 0.6 is 0 Å². The first-order valence-corrected chi connectivity index (χ1v) is 10.1. The highest BCUT2D eigenvalue weighted by Crippen LogP contribution is 2.44. The molecule has 1 saturated heterocycles. The molecule has 1 heterocycles. The van der Waals surface area contributed by atoms with Gasteiger partial charge in [-0.2, -0.15) is 0 Å². The fourth-order valence-corrected chi connectivity index (χ4v) is 4.25. The smallest absolute Gasteiger partial charge is 0.161 e. The standard InChI is InChI=1S/C26H27NO/c1-4-10-22(11-5-1)18-21-28-26(23-12-6-2-7-13-23,24-14-8-3-9-15-24)25-16-19-27-20-17-25/h1-15,18,21,25,27H,16-17,19-20H2. The van der Waals surface area contributed by atoms with E-state index in [1.165, 1.54) is 11.1 Å². The molecular weight excluding hydrogens is 342 g/mol. The Bertz CT molecular complexity index is 829. The van der Waals surface area contributed by atoms with E-state index >= 15 is 0 Å². The van der Waals surface area contributed by atoms with Crippen LogP contribution in [0.4, 0.5) is 0 Å². The molecule has 0 bridgehead atoms. The SMILES string of the molecule is C(=Cc1ccccc1)OC(c1ccccc1)(c1ccccc1)C1CCNCC1. The average Bonchev–Trinajstić information content (AvgIpc) is 2.79. The lowest BCUT2D eigenvalue weighted by atomic mass is 9.72. The second-order valence-corrected chi connectivity index (χ2v) is 7.32. The monoisotopic (exact) mass is 369 g/mol. The molecule has 4 rings (SSSR count). The fraction of sp³-hybridized carbons (Fsp3) is 0.231. The average molecular weight is 370 g/mol. The fourth-order valence-electron chi connectivity index (χ4n) is 4.25. The van der Waals surface area contributed by atoms with Crippen molar-refractivity contribution < 1.29 is 4.74 Å². The normalized spacial score (nSPS) is 15.6. The summed E-state index contributed by atoms with van der Waals surface area (Å²) in [7, 11) is 0. The molecule has 0 aliphatic carbocycles. The Kier molecular flexibility index (Phi) is 5.89. The predicted octanol–water partition coefficient (Wildman–Crippen LogP) is 5.62. The lowest BCUT2D eigenvalue weighted by molar-refractivity contribution is -0.0114. The van der Waals surface area contributed by atoms with E-state index in [0.717, 1.165) is 31.5 Å². The Morgan fingerprint density at radius 2 is 1.21 bits per heavy atom. The van der Waals surface area contributed by atoms with Gasteiger partial charge in [0, 0.05) is 17.0 Å². The Morgan fingerprint density at radius 3 is 1.75 bits per heavy atom. The number of hydrogen-bond donors (Lipinski definition) is 1. The van der Waals surface area contributed by atoms with Crippen molar-refractivity contribution in [2.75, 3.05) is 13.1 Å². The third-order valence-electron chi connectivity index (χ3n) is 5.63. The van der Waals surface area contributed by atoms with Gasteiger partial charge in [0.15, 0.2) is 5.60 Å². The van der Waals surface area contributed by atoms with Gasteiger partial charge >= 0.3 is 0 Å². The molecule has 0 spiro atoms. The van der Waals surface area contributed by atoms with E-state index in [2.05, 4.69) is 84.2 Å². The van der Waals surface area contributed by atoms with Crippen LogP contribution in [0.2, 0.25) is 0 Å². The second kappa shape index (κ2) is 8.90. The van der Waals surface area contributed by atoms with Crippen molar-refractivity contribution in [2.24, 2.45) is 5.92 Å². The minimum atomic E-state index is -0.490. The number of nitrogens with one attached hydrogen (secondary N) is 1. The number of piperidine rings is 1. The van der Waals surface area contributed by atoms with Crippen molar-refractivity contribution in [1.82, 2.24) is 5.32 Å². The minimum absolute atomic E-state index is 0.402. The lowest BCUT2D eigenvalue weighted by Gasteiger charge is -2.43. The van der Waals surface area contributed by atoms with Crippen LogP contribution in [0.1, 0.15) is 29.5 Å². The molecule has 3 aromatic carbocycles. The van der Waals surface area contributed by atoms with Crippen LogP contribution in [0.5, 0.6) is 0 Å². The van der Waals surface area contributed by atoms with Crippen LogP contribution in [0.25, 0.3) is 6.08 Å². The van der Waals surface area contributed by atoms with E-state index in [-0.39, 0.29) is 0 Å². The van der Waals surface area contributed by atoms with Gasteiger partial charge in [-0.1, -0.05) is 91.0 Å². The lowest BCUT2D eigenvalue weighted by Crippen LogP contribution is -2.43. The Balaban J connectivity index is 1.79. The zero-order valence-corrected chi connectivity index (χ0v) is 16.1. The van der Waals surface area contributed by atoms with Crippen molar-refractivity contribution >= 4 is 6.08 Å². The van der Waals surface area contributed by atoms with E-state index in [4.69, 9.17) is 4.74 Å². The molecule has 142 valence electrons. The van der Waals surface area contributed by atoms with Crippen molar-refractivity contribution in [2.45, 2.75) is 18.4 Å². The molecule has 0 aromatic heterocycles. The van der Waals surface area contributed by atoms with Crippen LogP contribution in [0, 0.1) is 5.92 Å². The topological polar surface area (TPSA) is 21.3 Å². The quantitative estimate of drug-likeness (QED) is 0.570. The summed E-state index contributed by atoms with van der Waals surface area (Å²) < 4.78 is 6.74. The molecule has 1 aliphatic heterocycles. The molecule has 2 heteroatoms. The molecule has 3 aromatic rings. The van der Waals surface area contributed by atoms with Crippen LogP contribution in [-0.4, -0.2) is 13.1 Å². The maximum atomic E-state index is 6.74. The molecule has 0 unspecified atom stereocenters. The zero-order valence-electron chi connectivity index (χ0n) is 16.1. The summed E-state index contributed by atoms with van der Waals surface area (Å²) in [4.78, 5) is 0. The Labute approximate surface area is 167 Å². The van der Waals surface area contributed by atoms with Gasteiger partial charge in [-0.05, 0) is 37.6 Å². The molecule has 0 saturated carbocycles. The first kappa shape index (κ1) is 18.5. The molecule has 2 nitrogen and oxygen atoms in total. The highest BCUT2D eigenvalue weighted by Gasteiger charge is 2.44. The first-order chi connectivity index (χ1) is 13.9. The van der Waals surface area contributed by atoms with Gasteiger partial charge in [-0.15, -0.1) is 0 Å². The molecule has 0 atom stereocenters. The van der Waals surface area contributed by atoms with E-state index < -0.39 is 5.60 Å². The van der Waals surface area contributed by atoms with Crippen LogP contribution in [0.3, 0.4) is 0 Å². The summed E-state index contributed by atoms with van der Waals surface area (Å²) in [5.74, 6) is 0.402. The summed E-state index contributed by atoms with van der Waals surface area (Å²) in [5.41, 5.74) is 3.08. The highest BCUT2D eigenvalue weighted by atomic mass is 16.5. The molecule has 1 fully saturated rings. The number of ether oxygens (including phenoxy) is 1. The first-order valence-electron chi connectivity index (χ1n) is 10.1. The van der Waals surface area contributed by atoms with Gasteiger partial charge in [-0.3, -0.25) is 0 Å². The van der Waals surface area contributed by atoms with Crippen LogP contribution < -0.4 is 5.32 Å². The molecule has 1 N–H and O–H groups in total. The maximum Gasteiger partial charge on any atom is 0.161 e. The molecule has 0 radical (unpaired) electrons. The van der Waals surface area contributed by atoms with Crippen molar-refractivity contribution in [3.8, 4) is 0 Å². The maximum absolute atomic E-state index is 6.74. The molecule has 28 heavy (non-hydrogen) atoms. The molecule has 1 aliphatic rings. The third kappa shape index (κ3) is 3.88. The Morgan fingerprint density at radius 1 is 0.714 bits per heavy atom. The molecule has 0 amide bonds. The highest BCUT2D eigenvalue weighted by molar-refractivity contribution is 5.48. The Hall–Kier alpha value is -2.84. The third-order valence-corrected chi connectivity index (χ3v) is 5.63. The number of benzene rings is 3. The van der Waals surface area contributed by atoms with Crippen molar-refractivity contribution in [3.05, 3.63) is 114 Å². The van der Waals surface area contributed by atoms with Gasteiger partial charge in [0.05, 0.1) is 6.26 Å². The predicted molar refractivity (Wildman–Crippen MR) is 116 cm³/mol. The number of hydrogen-bond acceptors (Lipinski definition) is 2. The van der Waals surface area contributed by atoms with E-state index in [9.17, 15) is 0 Å². The van der Waals surface area contributed by atoms with Gasteiger partial charge < -0.3 is 10.1 Å².